The SMILES string of the molecule is Nc1cc(N2CC(O)C(O)C2)cc([N+](=O)[O-])c1. The van der Waals surface area contributed by atoms with Crippen LogP contribution in [0.25, 0.3) is 0 Å². The lowest BCUT2D eigenvalue weighted by molar-refractivity contribution is -0.384. The Balaban J connectivity index is 2.30. The minimum atomic E-state index is -0.838. The third-order valence-electron chi connectivity index (χ3n) is 2.76. The molecule has 0 radical (unpaired) electrons. The van der Waals surface area contributed by atoms with Crippen molar-refractivity contribution in [1.29, 1.82) is 0 Å². The van der Waals surface area contributed by atoms with Crippen molar-refractivity contribution >= 4 is 17.1 Å². The second-order valence-electron chi connectivity index (χ2n) is 4.08. The van der Waals surface area contributed by atoms with Gasteiger partial charge in [-0.2, -0.15) is 0 Å². The van der Waals surface area contributed by atoms with Crippen molar-refractivity contribution in [1.82, 2.24) is 0 Å². The summed E-state index contributed by atoms with van der Waals surface area (Å²) in [4.78, 5) is 11.8. The van der Waals surface area contributed by atoms with Gasteiger partial charge in [0.05, 0.1) is 17.1 Å². The van der Waals surface area contributed by atoms with Gasteiger partial charge in [-0.15, -0.1) is 0 Å². The van der Waals surface area contributed by atoms with Gasteiger partial charge in [-0.05, 0) is 6.07 Å². The molecule has 0 aromatic heterocycles. The maximum absolute atomic E-state index is 10.7. The number of nitro benzene ring substituents is 1. The van der Waals surface area contributed by atoms with E-state index in [1.807, 2.05) is 0 Å². The molecule has 0 aliphatic carbocycles. The molecule has 1 fully saturated rings. The van der Waals surface area contributed by atoms with Gasteiger partial charge in [0.25, 0.3) is 5.69 Å². The van der Waals surface area contributed by atoms with Gasteiger partial charge in [-0.1, -0.05) is 0 Å². The molecule has 0 saturated carbocycles. The van der Waals surface area contributed by atoms with Gasteiger partial charge >= 0.3 is 0 Å². The van der Waals surface area contributed by atoms with E-state index in [1.165, 1.54) is 12.1 Å². The molecule has 2 unspecified atom stereocenters. The number of anilines is 2. The van der Waals surface area contributed by atoms with E-state index in [9.17, 15) is 20.3 Å². The highest BCUT2D eigenvalue weighted by atomic mass is 16.6. The zero-order chi connectivity index (χ0) is 12.6. The van der Waals surface area contributed by atoms with E-state index in [4.69, 9.17) is 5.73 Å². The lowest BCUT2D eigenvalue weighted by atomic mass is 10.2. The summed E-state index contributed by atoms with van der Waals surface area (Å²) in [5.74, 6) is 0. The number of non-ortho nitro benzene ring substituents is 1. The molecule has 1 aliphatic rings. The van der Waals surface area contributed by atoms with Crippen molar-refractivity contribution < 1.29 is 15.1 Å². The molecule has 7 heteroatoms. The van der Waals surface area contributed by atoms with Crippen LogP contribution in [0.3, 0.4) is 0 Å². The Hall–Kier alpha value is -1.86. The summed E-state index contributed by atoms with van der Waals surface area (Å²) in [6, 6.07) is 4.23. The maximum atomic E-state index is 10.7. The molecule has 0 amide bonds. The average molecular weight is 239 g/mol. The summed E-state index contributed by atoms with van der Waals surface area (Å²) in [6.07, 6.45) is -1.68. The van der Waals surface area contributed by atoms with Crippen LogP contribution >= 0.6 is 0 Å². The van der Waals surface area contributed by atoms with E-state index in [-0.39, 0.29) is 24.5 Å². The molecule has 0 bridgehead atoms. The topological polar surface area (TPSA) is 113 Å². The summed E-state index contributed by atoms with van der Waals surface area (Å²) in [5.41, 5.74) is 6.29. The molecule has 7 nitrogen and oxygen atoms in total. The number of benzene rings is 1. The van der Waals surface area contributed by atoms with E-state index in [2.05, 4.69) is 0 Å². The van der Waals surface area contributed by atoms with Crippen molar-refractivity contribution in [3.63, 3.8) is 0 Å². The third-order valence-corrected chi connectivity index (χ3v) is 2.76. The first kappa shape index (κ1) is 11.6. The van der Waals surface area contributed by atoms with E-state index in [0.717, 1.165) is 0 Å². The van der Waals surface area contributed by atoms with Crippen molar-refractivity contribution in [2.24, 2.45) is 0 Å². The number of aliphatic hydroxyl groups is 2. The number of nitrogens with two attached hydrogens (primary N) is 1. The normalized spacial score (nSPS) is 24.0. The van der Waals surface area contributed by atoms with Crippen LogP contribution in [-0.2, 0) is 0 Å². The fraction of sp³-hybridized carbons (Fsp3) is 0.400. The van der Waals surface area contributed by atoms with Gasteiger partial charge in [0, 0.05) is 36.6 Å². The van der Waals surface area contributed by atoms with E-state index in [1.54, 1.807) is 11.0 Å². The van der Waals surface area contributed by atoms with Gasteiger partial charge in [0.15, 0.2) is 0 Å². The first-order chi connectivity index (χ1) is 7.97. The number of rotatable bonds is 2. The summed E-state index contributed by atoms with van der Waals surface area (Å²) < 4.78 is 0. The first-order valence-corrected chi connectivity index (χ1v) is 5.13. The largest absolute Gasteiger partial charge is 0.398 e. The lowest BCUT2D eigenvalue weighted by Gasteiger charge is -2.17. The van der Waals surface area contributed by atoms with Gasteiger partial charge in [0.2, 0.25) is 0 Å². The fourth-order valence-corrected chi connectivity index (χ4v) is 1.89. The zero-order valence-corrected chi connectivity index (χ0v) is 8.98. The van der Waals surface area contributed by atoms with Crippen LogP contribution < -0.4 is 10.6 Å². The van der Waals surface area contributed by atoms with Gasteiger partial charge in [-0.3, -0.25) is 10.1 Å². The second kappa shape index (κ2) is 4.19. The Labute approximate surface area is 97.2 Å². The molecule has 2 atom stereocenters. The van der Waals surface area contributed by atoms with Crippen LogP contribution in [0.2, 0.25) is 0 Å². The molecule has 1 aliphatic heterocycles. The number of aliphatic hydroxyl groups excluding tert-OH is 2. The predicted molar refractivity (Wildman–Crippen MR) is 61.7 cm³/mol. The minimum Gasteiger partial charge on any atom is -0.398 e. The molecule has 1 aromatic rings. The Morgan fingerprint density at radius 2 is 1.88 bits per heavy atom. The van der Waals surface area contributed by atoms with Crippen molar-refractivity contribution in [2.75, 3.05) is 23.7 Å². The summed E-state index contributed by atoms with van der Waals surface area (Å²) in [6.45, 7) is 0.476. The van der Waals surface area contributed by atoms with Gasteiger partial charge in [0.1, 0.15) is 0 Å². The number of β-amino-alcohol motifs (C(OH)–C–C–N with tert-alkyl or cyclic N) is 2. The average Bonchev–Trinajstić information content (AvgIpc) is 2.58. The van der Waals surface area contributed by atoms with Crippen molar-refractivity contribution in [2.45, 2.75) is 12.2 Å². The molecule has 0 spiro atoms. The highest BCUT2D eigenvalue weighted by Gasteiger charge is 2.30. The fourth-order valence-electron chi connectivity index (χ4n) is 1.89. The lowest BCUT2D eigenvalue weighted by Crippen LogP contribution is -2.22. The Kier molecular flexibility index (Phi) is 2.86. The van der Waals surface area contributed by atoms with Crippen molar-refractivity contribution in [3.8, 4) is 0 Å². The maximum Gasteiger partial charge on any atom is 0.273 e. The Morgan fingerprint density at radius 3 is 2.41 bits per heavy atom. The van der Waals surface area contributed by atoms with E-state index >= 15 is 0 Å². The molecule has 4 N–H and O–H groups in total. The minimum absolute atomic E-state index is 0.101. The summed E-state index contributed by atoms with van der Waals surface area (Å²) in [7, 11) is 0. The number of nitro groups is 1. The van der Waals surface area contributed by atoms with Crippen LogP contribution in [0.4, 0.5) is 17.1 Å². The highest BCUT2D eigenvalue weighted by Crippen LogP contribution is 2.28. The monoisotopic (exact) mass is 239 g/mol. The molecule has 1 heterocycles. The predicted octanol–water partition coefficient (Wildman–Crippen LogP) is -0.281. The standard InChI is InChI=1S/C10H13N3O4/c11-6-1-7(3-8(2-6)13(16)17)12-4-9(14)10(15)5-12/h1-3,9-10,14-15H,4-5,11H2. The highest BCUT2D eigenvalue weighted by molar-refractivity contribution is 5.63. The van der Waals surface area contributed by atoms with Crippen LogP contribution in [-0.4, -0.2) is 40.4 Å². The van der Waals surface area contributed by atoms with Gasteiger partial charge < -0.3 is 20.8 Å². The summed E-state index contributed by atoms with van der Waals surface area (Å²) >= 11 is 0. The van der Waals surface area contributed by atoms with E-state index < -0.39 is 17.1 Å². The molecule has 2 rings (SSSR count). The quantitative estimate of drug-likeness (QED) is 0.371. The number of nitrogen functional groups attached to an aromatic ring is 1. The molecule has 17 heavy (non-hydrogen) atoms. The molecular weight excluding hydrogens is 226 g/mol. The van der Waals surface area contributed by atoms with Crippen LogP contribution in [0, 0.1) is 10.1 Å². The Morgan fingerprint density at radius 1 is 1.29 bits per heavy atom. The molecule has 1 aromatic carbocycles. The summed E-state index contributed by atoms with van der Waals surface area (Å²) in [5, 5.41) is 29.5. The third kappa shape index (κ3) is 2.29. The number of hydrogen-bond donors (Lipinski definition) is 3. The Bertz CT molecular complexity index is 441. The second-order valence-corrected chi connectivity index (χ2v) is 4.08. The first-order valence-electron chi connectivity index (χ1n) is 5.13. The number of hydrogen-bond acceptors (Lipinski definition) is 6. The van der Waals surface area contributed by atoms with Gasteiger partial charge in [-0.25, -0.2) is 0 Å². The van der Waals surface area contributed by atoms with Crippen molar-refractivity contribution in [3.05, 3.63) is 28.3 Å². The zero-order valence-electron chi connectivity index (χ0n) is 8.98. The molecule has 1 saturated heterocycles. The molecule has 92 valence electrons. The smallest absolute Gasteiger partial charge is 0.273 e. The number of nitrogens with zero attached hydrogens (tertiary/aromatic N) is 2. The van der Waals surface area contributed by atoms with Crippen LogP contribution in [0.15, 0.2) is 18.2 Å². The van der Waals surface area contributed by atoms with Crippen LogP contribution in [0.5, 0.6) is 0 Å². The van der Waals surface area contributed by atoms with E-state index in [0.29, 0.717) is 5.69 Å². The molecular formula is C10H13N3O4. The van der Waals surface area contributed by atoms with Crippen LogP contribution in [0.1, 0.15) is 0 Å².